The fourth-order valence-electron chi connectivity index (χ4n) is 2.05. The van der Waals surface area contributed by atoms with Crippen molar-refractivity contribution in [1.82, 2.24) is 5.32 Å². The third-order valence-corrected chi connectivity index (χ3v) is 3.32. The smallest absolute Gasteiger partial charge is 0.326 e. The second-order valence-electron chi connectivity index (χ2n) is 6.84. The number of carbonyl (C=O) groups excluding carboxylic acids is 2. The molecular formula is C17H23FN2O4. The van der Waals surface area contributed by atoms with Crippen LogP contribution in [0.25, 0.3) is 0 Å². The Morgan fingerprint density at radius 3 is 2.38 bits per heavy atom. The maximum absolute atomic E-state index is 13.9. The summed E-state index contributed by atoms with van der Waals surface area (Å²) >= 11 is 0. The van der Waals surface area contributed by atoms with E-state index in [0.29, 0.717) is 6.42 Å². The Balaban J connectivity index is 2.91. The molecule has 0 saturated carbocycles. The van der Waals surface area contributed by atoms with E-state index in [1.165, 1.54) is 19.1 Å². The van der Waals surface area contributed by atoms with Crippen LogP contribution < -0.4 is 10.6 Å². The van der Waals surface area contributed by atoms with Gasteiger partial charge in [0.15, 0.2) is 0 Å². The van der Waals surface area contributed by atoms with Gasteiger partial charge >= 0.3 is 5.97 Å². The third-order valence-electron chi connectivity index (χ3n) is 3.32. The highest BCUT2D eigenvalue weighted by Gasteiger charge is 2.24. The van der Waals surface area contributed by atoms with Gasteiger partial charge in [0.2, 0.25) is 5.91 Å². The van der Waals surface area contributed by atoms with E-state index in [9.17, 15) is 23.9 Å². The monoisotopic (exact) mass is 338 g/mol. The highest BCUT2D eigenvalue weighted by molar-refractivity contribution is 5.98. The van der Waals surface area contributed by atoms with Crippen LogP contribution in [0.5, 0.6) is 0 Å². The zero-order valence-corrected chi connectivity index (χ0v) is 14.3. The van der Waals surface area contributed by atoms with Crippen molar-refractivity contribution in [1.29, 1.82) is 0 Å². The summed E-state index contributed by atoms with van der Waals surface area (Å²) in [5, 5.41) is 14.0. The summed E-state index contributed by atoms with van der Waals surface area (Å²) in [5.74, 6) is -3.16. The SMILES string of the molecule is CC(=O)Nc1ccc(F)c(C(=O)NC(CCC(C)(C)C)C(=O)O)c1. The molecule has 0 aromatic heterocycles. The van der Waals surface area contributed by atoms with Gasteiger partial charge in [-0.3, -0.25) is 9.59 Å². The average molecular weight is 338 g/mol. The Hall–Kier alpha value is -2.44. The second-order valence-corrected chi connectivity index (χ2v) is 6.84. The first-order chi connectivity index (χ1) is 11.0. The topological polar surface area (TPSA) is 95.5 Å². The molecule has 0 spiro atoms. The van der Waals surface area contributed by atoms with Gasteiger partial charge in [0, 0.05) is 12.6 Å². The van der Waals surface area contributed by atoms with Crippen molar-refractivity contribution in [3.8, 4) is 0 Å². The molecule has 1 rings (SSSR count). The van der Waals surface area contributed by atoms with E-state index in [1.54, 1.807) is 0 Å². The Labute approximate surface area is 140 Å². The lowest BCUT2D eigenvalue weighted by Gasteiger charge is -2.21. The molecule has 24 heavy (non-hydrogen) atoms. The van der Waals surface area contributed by atoms with Crippen LogP contribution in [0, 0.1) is 11.2 Å². The summed E-state index contributed by atoms with van der Waals surface area (Å²) < 4.78 is 13.9. The number of carbonyl (C=O) groups is 3. The molecule has 1 aromatic rings. The van der Waals surface area contributed by atoms with Crippen molar-refractivity contribution in [2.45, 2.75) is 46.6 Å². The molecule has 1 aromatic carbocycles. The van der Waals surface area contributed by atoms with Crippen molar-refractivity contribution in [3.63, 3.8) is 0 Å². The van der Waals surface area contributed by atoms with Crippen molar-refractivity contribution in [3.05, 3.63) is 29.6 Å². The number of amides is 2. The van der Waals surface area contributed by atoms with E-state index in [0.717, 1.165) is 6.07 Å². The molecule has 7 heteroatoms. The number of aliphatic carboxylic acids is 1. The van der Waals surface area contributed by atoms with Crippen LogP contribution in [0.15, 0.2) is 18.2 Å². The minimum atomic E-state index is -1.17. The van der Waals surface area contributed by atoms with E-state index in [-0.39, 0.29) is 29.0 Å². The summed E-state index contributed by atoms with van der Waals surface area (Å²) in [6, 6.07) is 2.43. The molecule has 1 atom stereocenters. The van der Waals surface area contributed by atoms with Crippen LogP contribution in [0.4, 0.5) is 10.1 Å². The maximum Gasteiger partial charge on any atom is 0.326 e. The summed E-state index contributed by atoms with van der Waals surface area (Å²) in [4.78, 5) is 34.6. The average Bonchev–Trinajstić information content (AvgIpc) is 2.43. The van der Waals surface area contributed by atoms with E-state index in [2.05, 4.69) is 10.6 Å². The summed E-state index contributed by atoms with van der Waals surface area (Å²) in [7, 11) is 0. The molecule has 0 saturated heterocycles. The first kappa shape index (κ1) is 19.6. The molecule has 1 unspecified atom stereocenters. The molecule has 0 radical (unpaired) electrons. The van der Waals surface area contributed by atoms with Gasteiger partial charge in [-0.05, 0) is 36.5 Å². The maximum atomic E-state index is 13.9. The Bertz CT molecular complexity index is 638. The Morgan fingerprint density at radius 1 is 1.25 bits per heavy atom. The van der Waals surface area contributed by atoms with E-state index in [1.807, 2.05) is 20.8 Å². The largest absolute Gasteiger partial charge is 0.480 e. The molecule has 2 amide bonds. The third kappa shape index (κ3) is 6.36. The summed E-state index contributed by atoms with van der Waals surface area (Å²) in [5.41, 5.74) is -0.145. The number of carboxylic acid groups (broad SMARTS) is 1. The minimum Gasteiger partial charge on any atom is -0.480 e. The summed E-state index contributed by atoms with van der Waals surface area (Å²) in [6.07, 6.45) is 0.816. The fraction of sp³-hybridized carbons (Fsp3) is 0.471. The van der Waals surface area contributed by atoms with E-state index in [4.69, 9.17) is 0 Å². The van der Waals surface area contributed by atoms with Gasteiger partial charge in [-0.25, -0.2) is 9.18 Å². The van der Waals surface area contributed by atoms with Gasteiger partial charge < -0.3 is 15.7 Å². The van der Waals surface area contributed by atoms with E-state index >= 15 is 0 Å². The number of halogens is 1. The molecule has 0 fully saturated rings. The van der Waals surface area contributed by atoms with Crippen LogP contribution in [0.3, 0.4) is 0 Å². The number of hydrogen-bond acceptors (Lipinski definition) is 3. The highest BCUT2D eigenvalue weighted by atomic mass is 19.1. The first-order valence-corrected chi connectivity index (χ1v) is 7.60. The van der Waals surface area contributed by atoms with Crippen LogP contribution >= 0.6 is 0 Å². The lowest BCUT2D eigenvalue weighted by Crippen LogP contribution is -2.41. The fourth-order valence-corrected chi connectivity index (χ4v) is 2.05. The van der Waals surface area contributed by atoms with Gasteiger partial charge in [0.1, 0.15) is 11.9 Å². The molecule has 0 heterocycles. The molecule has 0 aliphatic heterocycles. The molecule has 6 nitrogen and oxygen atoms in total. The minimum absolute atomic E-state index is 0.0883. The van der Waals surface area contributed by atoms with Gasteiger partial charge in [-0.15, -0.1) is 0 Å². The molecule has 0 aliphatic carbocycles. The summed E-state index contributed by atoms with van der Waals surface area (Å²) in [6.45, 7) is 7.18. The predicted molar refractivity (Wildman–Crippen MR) is 88.3 cm³/mol. The lowest BCUT2D eigenvalue weighted by molar-refractivity contribution is -0.139. The Kier molecular flexibility index (Phi) is 6.45. The second kappa shape index (κ2) is 7.90. The number of nitrogens with one attached hydrogen (secondary N) is 2. The normalized spacial score (nSPS) is 12.4. The number of carboxylic acids is 1. The van der Waals surface area contributed by atoms with Crippen molar-refractivity contribution >= 4 is 23.5 Å². The number of benzene rings is 1. The standard InChI is InChI=1S/C17H23FN2O4/c1-10(21)19-11-5-6-13(18)12(9-11)15(22)20-14(16(23)24)7-8-17(2,3)4/h5-6,9,14H,7-8H2,1-4H3,(H,19,21)(H,20,22)(H,23,24). The van der Waals surface area contributed by atoms with Crippen LogP contribution in [0.1, 0.15) is 50.9 Å². The first-order valence-electron chi connectivity index (χ1n) is 7.60. The van der Waals surface area contributed by atoms with Gasteiger partial charge in [-0.1, -0.05) is 20.8 Å². The predicted octanol–water partition coefficient (Wildman–Crippen LogP) is 2.79. The van der Waals surface area contributed by atoms with Crippen LogP contribution in [-0.2, 0) is 9.59 Å². The number of hydrogen-bond donors (Lipinski definition) is 3. The Morgan fingerprint density at radius 2 is 1.88 bits per heavy atom. The quantitative estimate of drug-likeness (QED) is 0.743. The molecule has 3 N–H and O–H groups in total. The molecule has 132 valence electrons. The highest BCUT2D eigenvalue weighted by Crippen LogP contribution is 2.22. The zero-order valence-electron chi connectivity index (χ0n) is 14.3. The van der Waals surface area contributed by atoms with Crippen LogP contribution in [0.2, 0.25) is 0 Å². The molecule has 0 bridgehead atoms. The van der Waals surface area contributed by atoms with Gasteiger partial charge in [-0.2, -0.15) is 0 Å². The molecule has 0 aliphatic rings. The van der Waals surface area contributed by atoms with E-state index < -0.39 is 23.7 Å². The number of anilines is 1. The zero-order chi connectivity index (χ0) is 18.5. The van der Waals surface area contributed by atoms with Crippen LogP contribution in [-0.4, -0.2) is 28.9 Å². The van der Waals surface area contributed by atoms with Crippen molar-refractivity contribution in [2.24, 2.45) is 5.41 Å². The molecular weight excluding hydrogens is 315 g/mol. The van der Waals surface area contributed by atoms with Gasteiger partial charge in [0.25, 0.3) is 5.91 Å². The number of rotatable bonds is 6. The van der Waals surface area contributed by atoms with Gasteiger partial charge in [0.05, 0.1) is 5.56 Å². The lowest BCUT2D eigenvalue weighted by atomic mass is 9.88. The van der Waals surface area contributed by atoms with Crippen molar-refractivity contribution in [2.75, 3.05) is 5.32 Å². The van der Waals surface area contributed by atoms with Crippen molar-refractivity contribution < 1.29 is 23.9 Å².